The first-order valence-electron chi connectivity index (χ1n) is 7.11. The molecule has 0 radical (unpaired) electrons. The largest absolute Gasteiger partial charge is 0.278 e. The van der Waals surface area contributed by atoms with Crippen molar-refractivity contribution >= 4 is 34.2 Å². The minimum absolute atomic E-state index is 0.384. The van der Waals surface area contributed by atoms with E-state index in [1.165, 1.54) is 10.4 Å². The van der Waals surface area contributed by atoms with Crippen molar-refractivity contribution in [1.29, 1.82) is 5.26 Å². The number of nitriles is 1. The van der Waals surface area contributed by atoms with Crippen molar-refractivity contribution in [3.63, 3.8) is 0 Å². The lowest BCUT2D eigenvalue weighted by atomic mass is 10.1. The number of halogens is 1. The van der Waals surface area contributed by atoms with E-state index in [1.54, 1.807) is 24.5 Å². The monoisotopic (exact) mass is 340 g/mol. The van der Waals surface area contributed by atoms with E-state index in [2.05, 4.69) is 30.6 Å². The van der Waals surface area contributed by atoms with Crippen molar-refractivity contribution in [3.05, 3.63) is 75.0 Å². The molecule has 1 heterocycles. The van der Waals surface area contributed by atoms with E-state index in [4.69, 9.17) is 16.9 Å². The number of nitrogens with zero attached hydrogens (tertiary/aromatic N) is 2. The van der Waals surface area contributed by atoms with Crippen LogP contribution in [-0.4, -0.2) is 12.8 Å². The Kier molecular flexibility index (Phi) is 5.92. The van der Waals surface area contributed by atoms with Gasteiger partial charge in [-0.25, -0.2) is 0 Å². The Balaban J connectivity index is 2.13. The third kappa shape index (κ3) is 4.66. The van der Waals surface area contributed by atoms with Crippen LogP contribution in [-0.2, 0) is 6.42 Å². The average Bonchev–Trinajstić information content (AvgIpc) is 3.00. The standard InChI is InChI=1S/C19H17ClN2S/c1-13-4-8-18(20)15(10-13)11-17-7-9-19(23-17)14(2)5-6-16(12-21)22-3/h4-10H,2,11H2,1,3H3/b6-5-,22-16+. The average molecular weight is 341 g/mol. The SMILES string of the molecule is C=C(/C=C\C(C#N)=N/C)c1ccc(Cc2cc(C)ccc2Cl)s1. The predicted octanol–water partition coefficient (Wildman–Crippen LogP) is 5.46. The molecule has 2 nitrogen and oxygen atoms in total. The Morgan fingerprint density at radius 2 is 2.13 bits per heavy atom. The van der Waals surface area contributed by atoms with Crippen molar-refractivity contribution in [1.82, 2.24) is 0 Å². The Hall–Kier alpha value is -2.15. The van der Waals surface area contributed by atoms with Gasteiger partial charge in [0.25, 0.3) is 0 Å². The molecular formula is C19H17ClN2S. The molecule has 0 bridgehead atoms. The van der Waals surface area contributed by atoms with Gasteiger partial charge in [-0.15, -0.1) is 11.3 Å². The first-order chi connectivity index (χ1) is 11.0. The van der Waals surface area contributed by atoms with E-state index >= 15 is 0 Å². The zero-order valence-corrected chi connectivity index (χ0v) is 14.7. The van der Waals surface area contributed by atoms with Crippen LogP contribution in [0.2, 0.25) is 5.02 Å². The zero-order chi connectivity index (χ0) is 16.8. The Bertz CT molecular complexity index is 822. The number of hydrogen-bond acceptors (Lipinski definition) is 3. The van der Waals surface area contributed by atoms with Crippen LogP contribution >= 0.6 is 22.9 Å². The quantitative estimate of drug-likeness (QED) is 0.525. The summed E-state index contributed by atoms with van der Waals surface area (Å²) in [7, 11) is 1.60. The molecule has 0 amide bonds. The molecule has 2 aromatic rings. The fourth-order valence-electron chi connectivity index (χ4n) is 2.10. The Morgan fingerprint density at radius 1 is 1.35 bits per heavy atom. The molecule has 0 unspecified atom stereocenters. The number of aliphatic imine (C=N–C) groups is 1. The molecule has 0 aliphatic rings. The molecule has 0 aliphatic carbocycles. The second-order valence-electron chi connectivity index (χ2n) is 5.12. The highest BCUT2D eigenvalue weighted by Gasteiger charge is 2.06. The van der Waals surface area contributed by atoms with Gasteiger partial charge in [0.2, 0.25) is 0 Å². The third-order valence-electron chi connectivity index (χ3n) is 3.34. The van der Waals surface area contributed by atoms with E-state index in [0.29, 0.717) is 5.71 Å². The maximum atomic E-state index is 8.85. The fourth-order valence-corrected chi connectivity index (χ4v) is 3.26. The van der Waals surface area contributed by atoms with E-state index in [1.807, 2.05) is 30.3 Å². The van der Waals surface area contributed by atoms with Gasteiger partial charge in [0.1, 0.15) is 11.8 Å². The molecule has 4 heteroatoms. The van der Waals surface area contributed by atoms with Crippen molar-refractivity contribution in [2.45, 2.75) is 13.3 Å². The fraction of sp³-hybridized carbons (Fsp3) is 0.158. The minimum atomic E-state index is 0.384. The number of allylic oxidation sites excluding steroid dienone is 3. The normalized spacial score (nSPS) is 11.7. The summed E-state index contributed by atoms with van der Waals surface area (Å²) < 4.78 is 0. The molecule has 1 aromatic carbocycles. The molecule has 116 valence electrons. The predicted molar refractivity (Wildman–Crippen MR) is 100 cm³/mol. The van der Waals surface area contributed by atoms with Gasteiger partial charge in [-0.2, -0.15) is 5.26 Å². The van der Waals surface area contributed by atoms with E-state index in [9.17, 15) is 0 Å². The lowest BCUT2D eigenvalue weighted by Crippen LogP contribution is -1.87. The maximum absolute atomic E-state index is 8.85. The summed E-state index contributed by atoms with van der Waals surface area (Å²) >= 11 is 7.95. The lowest BCUT2D eigenvalue weighted by molar-refractivity contribution is 1.22. The molecule has 23 heavy (non-hydrogen) atoms. The van der Waals surface area contributed by atoms with Crippen LogP contribution in [0.15, 0.2) is 54.1 Å². The molecule has 0 atom stereocenters. The van der Waals surface area contributed by atoms with Gasteiger partial charge in [0.15, 0.2) is 0 Å². The maximum Gasteiger partial charge on any atom is 0.134 e. The smallest absolute Gasteiger partial charge is 0.134 e. The van der Waals surface area contributed by atoms with Crippen LogP contribution in [0.4, 0.5) is 0 Å². The summed E-state index contributed by atoms with van der Waals surface area (Å²) in [6.45, 7) is 6.11. The summed E-state index contributed by atoms with van der Waals surface area (Å²) in [5.74, 6) is 0. The van der Waals surface area contributed by atoms with Gasteiger partial charge < -0.3 is 0 Å². The van der Waals surface area contributed by atoms with Gasteiger partial charge in [0.05, 0.1) is 0 Å². The number of hydrogen-bond donors (Lipinski definition) is 0. The second kappa shape index (κ2) is 7.92. The van der Waals surface area contributed by atoms with E-state index in [-0.39, 0.29) is 0 Å². The molecule has 2 rings (SSSR count). The number of rotatable bonds is 5. The zero-order valence-electron chi connectivity index (χ0n) is 13.1. The molecule has 0 saturated carbocycles. The van der Waals surface area contributed by atoms with Crippen molar-refractivity contribution in [2.24, 2.45) is 4.99 Å². The van der Waals surface area contributed by atoms with Crippen LogP contribution in [0, 0.1) is 18.3 Å². The first kappa shape index (κ1) is 17.2. The Labute approximate surface area is 146 Å². The van der Waals surface area contributed by atoms with Crippen LogP contribution in [0.25, 0.3) is 5.57 Å². The Morgan fingerprint density at radius 3 is 2.83 bits per heavy atom. The minimum Gasteiger partial charge on any atom is -0.278 e. The van der Waals surface area contributed by atoms with Crippen molar-refractivity contribution in [2.75, 3.05) is 7.05 Å². The van der Waals surface area contributed by atoms with Crippen LogP contribution < -0.4 is 0 Å². The topological polar surface area (TPSA) is 36.1 Å². The summed E-state index contributed by atoms with van der Waals surface area (Å²) in [6, 6.07) is 12.2. The highest BCUT2D eigenvalue weighted by atomic mass is 35.5. The third-order valence-corrected chi connectivity index (χ3v) is 4.87. The highest BCUT2D eigenvalue weighted by Crippen LogP contribution is 2.28. The molecule has 1 aromatic heterocycles. The van der Waals surface area contributed by atoms with Gasteiger partial charge in [-0.3, -0.25) is 4.99 Å². The number of thiophene rings is 1. The summed E-state index contributed by atoms with van der Waals surface area (Å²) in [5.41, 5.74) is 3.59. The first-order valence-corrected chi connectivity index (χ1v) is 8.31. The summed E-state index contributed by atoms with van der Waals surface area (Å²) in [5, 5.41) is 9.65. The molecule has 0 aliphatic heterocycles. The number of aryl methyl sites for hydroxylation is 1. The summed E-state index contributed by atoms with van der Waals surface area (Å²) in [6.07, 6.45) is 4.31. The summed E-state index contributed by atoms with van der Waals surface area (Å²) in [4.78, 5) is 6.17. The van der Waals surface area contributed by atoms with Crippen molar-refractivity contribution in [3.8, 4) is 6.07 Å². The van der Waals surface area contributed by atoms with Gasteiger partial charge >= 0.3 is 0 Å². The second-order valence-corrected chi connectivity index (χ2v) is 6.69. The molecule has 0 spiro atoms. The molecule has 0 fully saturated rings. The molecule has 0 saturated heterocycles. The van der Waals surface area contributed by atoms with Gasteiger partial charge in [0, 0.05) is 28.2 Å². The van der Waals surface area contributed by atoms with Gasteiger partial charge in [-0.1, -0.05) is 42.0 Å². The van der Waals surface area contributed by atoms with Crippen LogP contribution in [0.1, 0.15) is 20.9 Å². The van der Waals surface area contributed by atoms with E-state index in [0.717, 1.165) is 27.5 Å². The van der Waals surface area contributed by atoms with E-state index < -0.39 is 0 Å². The highest BCUT2D eigenvalue weighted by molar-refractivity contribution is 7.13. The van der Waals surface area contributed by atoms with Crippen molar-refractivity contribution < 1.29 is 0 Å². The number of benzene rings is 1. The molecular weight excluding hydrogens is 324 g/mol. The molecule has 0 N–H and O–H groups in total. The van der Waals surface area contributed by atoms with Crippen LogP contribution in [0.5, 0.6) is 0 Å². The van der Waals surface area contributed by atoms with Gasteiger partial charge in [-0.05, 0) is 42.3 Å². The lowest BCUT2D eigenvalue weighted by Gasteiger charge is -2.04. The van der Waals surface area contributed by atoms with Crippen LogP contribution in [0.3, 0.4) is 0 Å².